The Balaban J connectivity index is 0.00000288. The Morgan fingerprint density at radius 3 is 2.62 bits per heavy atom. The van der Waals surface area contributed by atoms with Crippen LogP contribution in [0.4, 0.5) is 0 Å². The molecular weight excluding hydrogens is 417 g/mol. The van der Waals surface area contributed by atoms with Gasteiger partial charge in [-0.1, -0.05) is 12.8 Å². The quantitative estimate of drug-likeness (QED) is 0.377. The van der Waals surface area contributed by atoms with Crippen LogP contribution in [0.5, 0.6) is 11.5 Å². The lowest BCUT2D eigenvalue weighted by molar-refractivity contribution is 0.382. The molecule has 0 unspecified atom stereocenters. The lowest BCUT2D eigenvalue weighted by Crippen LogP contribution is -2.38. The van der Waals surface area contributed by atoms with E-state index >= 15 is 0 Å². The third kappa shape index (κ3) is 6.37. The summed E-state index contributed by atoms with van der Waals surface area (Å²) >= 11 is 0. The molecule has 1 fully saturated rings. The molecule has 1 aromatic carbocycles. The molecule has 1 aromatic rings. The predicted octanol–water partition coefficient (Wildman–Crippen LogP) is 3.52. The minimum absolute atomic E-state index is 0. The number of guanidine groups is 1. The van der Waals surface area contributed by atoms with Crippen LogP contribution in [-0.2, 0) is 6.54 Å². The topological polar surface area (TPSA) is 46.1 Å². The summed E-state index contributed by atoms with van der Waals surface area (Å²) in [4.78, 5) is 6.88. The van der Waals surface area contributed by atoms with Crippen molar-refractivity contribution in [2.24, 2.45) is 10.9 Å². The van der Waals surface area contributed by atoms with Crippen molar-refractivity contribution in [1.29, 1.82) is 0 Å². The lowest BCUT2D eigenvalue weighted by Gasteiger charge is -2.23. The van der Waals surface area contributed by atoms with E-state index in [1.165, 1.54) is 19.3 Å². The van der Waals surface area contributed by atoms with E-state index in [9.17, 15) is 0 Å². The molecular formula is C18H30IN3O2. The number of rotatable bonds is 8. The molecule has 1 saturated carbocycles. The Kier molecular flexibility index (Phi) is 9.25. The van der Waals surface area contributed by atoms with Gasteiger partial charge in [-0.3, -0.25) is 4.99 Å². The van der Waals surface area contributed by atoms with E-state index in [0.29, 0.717) is 0 Å². The van der Waals surface area contributed by atoms with E-state index in [4.69, 9.17) is 14.5 Å². The maximum absolute atomic E-state index is 5.48. The monoisotopic (exact) mass is 447 g/mol. The molecule has 0 spiro atoms. The van der Waals surface area contributed by atoms with Crippen LogP contribution in [0.25, 0.3) is 0 Å². The SMILES string of the molecule is CCNC(=NCCC1CC1)N(C)Cc1ccc(OC)cc1OC.I. The number of nitrogens with zero attached hydrogens (tertiary/aromatic N) is 2. The second-order valence-electron chi connectivity index (χ2n) is 6.00. The van der Waals surface area contributed by atoms with Crippen LogP contribution in [0, 0.1) is 5.92 Å². The molecule has 1 aliphatic rings. The van der Waals surface area contributed by atoms with E-state index in [-0.39, 0.29) is 24.0 Å². The summed E-state index contributed by atoms with van der Waals surface area (Å²) in [5, 5.41) is 3.37. The molecule has 0 aromatic heterocycles. The second kappa shape index (κ2) is 10.6. The van der Waals surface area contributed by atoms with Gasteiger partial charge in [-0.05, 0) is 31.4 Å². The molecule has 0 bridgehead atoms. The first kappa shape index (κ1) is 20.9. The highest BCUT2D eigenvalue weighted by Crippen LogP contribution is 2.32. The Hall–Kier alpha value is -1.18. The first-order valence-electron chi connectivity index (χ1n) is 8.38. The van der Waals surface area contributed by atoms with Gasteiger partial charge in [-0.15, -0.1) is 24.0 Å². The molecule has 136 valence electrons. The normalized spacial score (nSPS) is 13.9. The Bertz CT molecular complexity index is 533. The van der Waals surface area contributed by atoms with Gasteiger partial charge in [0.15, 0.2) is 5.96 Å². The van der Waals surface area contributed by atoms with Gasteiger partial charge in [-0.25, -0.2) is 0 Å². The summed E-state index contributed by atoms with van der Waals surface area (Å²) in [6.45, 7) is 4.60. The summed E-state index contributed by atoms with van der Waals surface area (Å²) in [7, 11) is 5.41. The van der Waals surface area contributed by atoms with Crippen molar-refractivity contribution >= 4 is 29.9 Å². The summed E-state index contributed by atoms with van der Waals surface area (Å²) in [6, 6.07) is 5.92. The highest BCUT2D eigenvalue weighted by atomic mass is 127. The molecule has 0 aliphatic heterocycles. The van der Waals surface area contributed by atoms with Crippen molar-refractivity contribution < 1.29 is 9.47 Å². The molecule has 1 aliphatic carbocycles. The van der Waals surface area contributed by atoms with E-state index in [0.717, 1.165) is 48.6 Å². The first-order valence-corrected chi connectivity index (χ1v) is 8.38. The van der Waals surface area contributed by atoms with E-state index < -0.39 is 0 Å². The molecule has 0 saturated heterocycles. The van der Waals surface area contributed by atoms with Crippen LogP contribution in [0.1, 0.15) is 31.7 Å². The lowest BCUT2D eigenvalue weighted by atomic mass is 10.2. The van der Waals surface area contributed by atoms with E-state index in [2.05, 4.69) is 24.2 Å². The first-order chi connectivity index (χ1) is 11.2. The van der Waals surface area contributed by atoms with Crippen molar-refractivity contribution in [3.05, 3.63) is 23.8 Å². The Morgan fingerprint density at radius 1 is 1.29 bits per heavy atom. The summed E-state index contributed by atoms with van der Waals surface area (Å²) in [6.07, 6.45) is 3.96. The molecule has 0 radical (unpaired) electrons. The second-order valence-corrected chi connectivity index (χ2v) is 6.00. The minimum Gasteiger partial charge on any atom is -0.497 e. The van der Waals surface area contributed by atoms with Crippen molar-refractivity contribution in [1.82, 2.24) is 10.2 Å². The fraction of sp³-hybridized carbons (Fsp3) is 0.611. The van der Waals surface area contributed by atoms with Crippen molar-refractivity contribution in [2.45, 2.75) is 32.7 Å². The zero-order chi connectivity index (χ0) is 16.7. The predicted molar refractivity (Wildman–Crippen MR) is 110 cm³/mol. The number of halogens is 1. The molecule has 5 nitrogen and oxygen atoms in total. The summed E-state index contributed by atoms with van der Waals surface area (Å²) in [5.74, 6) is 3.50. The maximum atomic E-state index is 5.48. The minimum atomic E-state index is 0. The van der Waals surface area contributed by atoms with Gasteiger partial charge >= 0.3 is 0 Å². The van der Waals surface area contributed by atoms with Crippen LogP contribution >= 0.6 is 24.0 Å². The van der Waals surface area contributed by atoms with Gasteiger partial charge in [0.25, 0.3) is 0 Å². The molecule has 0 amide bonds. The number of hydrogen-bond acceptors (Lipinski definition) is 3. The Morgan fingerprint density at radius 2 is 2.04 bits per heavy atom. The number of benzene rings is 1. The summed E-state index contributed by atoms with van der Waals surface area (Å²) < 4.78 is 10.7. The van der Waals surface area contributed by atoms with Crippen LogP contribution in [0.3, 0.4) is 0 Å². The largest absolute Gasteiger partial charge is 0.497 e. The molecule has 6 heteroatoms. The van der Waals surface area contributed by atoms with Gasteiger partial charge in [0.2, 0.25) is 0 Å². The highest BCUT2D eigenvalue weighted by Gasteiger charge is 2.20. The third-order valence-electron chi connectivity index (χ3n) is 4.09. The molecule has 2 rings (SSSR count). The standard InChI is InChI=1S/C18H29N3O2.HI/c1-5-19-18(20-11-10-14-6-7-14)21(2)13-15-8-9-16(22-3)12-17(15)23-4;/h8-9,12,14H,5-7,10-11,13H2,1-4H3,(H,19,20);1H. The van der Waals surface area contributed by atoms with Gasteiger partial charge in [0.05, 0.1) is 14.2 Å². The van der Waals surface area contributed by atoms with Crippen molar-refractivity contribution in [3.8, 4) is 11.5 Å². The van der Waals surface area contributed by atoms with Gasteiger partial charge < -0.3 is 19.7 Å². The zero-order valence-electron chi connectivity index (χ0n) is 15.2. The van der Waals surface area contributed by atoms with Gasteiger partial charge in [0.1, 0.15) is 11.5 Å². The maximum Gasteiger partial charge on any atom is 0.193 e. The average Bonchev–Trinajstić information content (AvgIpc) is 3.38. The van der Waals surface area contributed by atoms with Crippen LogP contribution in [0.15, 0.2) is 23.2 Å². The van der Waals surface area contributed by atoms with Gasteiger partial charge in [0, 0.05) is 38.3 Å². The number of methoxy groups -OCH3 is 2. The number of nitrogens with one attached hydrogen (secondary N) is 1. The van der Waals surface area contributed by atoms with Crippen molar-refractivity contribution in [3.63, 3.8) is 0 Å². The zero-order valence-corrected chi connectivity index (χ0v) is 17.5. The van der Waals surface area contributed by atoms with E-state index in [1.807, 2.05) is 18.2 Å². The fourth-order valence-electron chi connectivity index (χ4n) is 2.54. The fourth-order valence-corrected chi connectivity index (χ4v) is 2.54. The molecule has 0 heterocycles. The number of ether oxygens (including phenoxy) is 2. The number of aliphatic imine (C=N–C) groups is 1. The summed E-state index contributed by atoms with van der Waals surface area (Å²) in [5.41, 5.74) is 1.11. The van der Waals surface area contributed by atoms with E-state index in [1.54, 1.807) is 14.2 Å². The van der Waals surface area contributed by atoms with Crippen LogP contribution in [-0.4, -0.2) is 45.2 Å². The third-order valence-corrected chi connectivity index (χ3v) is 4.09. The van der Waals surface area contributed by atoms with Crippen molar-refractivity contribution in [2.75, 3.05) is 34.4 Å². The molecule has 24 heavy (non-hydrogen) atoms. The van der Waals surface area contributed by atoms with Gasteiger partial charge in [-0.2, -0.15) is 0 Å². The average molecular weight is 447 g/mol. The molecule has 1 N–H and O–H groups in total. The van der Waals surface area contributed by atoms with Crippen LogP contribution in [0.2, 0.25) is 0 Å². The number of hydrogen-bond donors (Lipinski definition) is 1. The smallest absolute Gasteiger partial charge is 0.193 e. The highest BCUT2D eigenvalue weighted by molar-refractivity contribution is 14.0. The Labute approximate surface area is 162 Å². The van der Waals surface area contributed by atoms with Crippen LogP contribution < -0.4 is 14.8 Å². The molecule has 0 atom stereocenters.